The van der Waals surface area contributed by atoms with Gasteiger partial charge in [-0.05, 0) is 12.1 Å². The van der Waals surface area contributed by atoms with E-state index >= 15 is 0 Å². The largest absolute Gasteiger partial charge is 0.478 e. The number of carbonyl (C=O) groups is 2. The molecule has 0 radical (unpaired) electrons. The van der Waals surface area contributed by atoms with Crippen molar-refractivity contribution >= 4 is 11.9 Å². The van der Waals surface area contributed by atoms with Crippen molar-refractivity contribution in [2.45, 2.75) is 7.43 Å². The van der Waals surface area contributed by atoms with Crippen molar-refractivity contribution in [1.29, 1.82) is 0 Å². The molecule has 0 bridgehead atoms. The Kier molecular flexibility index (Phi) is 6.89. The smallest absolute Gasteiger partial charge is 0.336 e. The van der Waals surface area contributed by atoms with Crippen LogP contribution in [-0.2, 0) is 20.4 Å². The van der Waals surface area contributed by atoms with E-state index in [1.807, 2.05) is 0 Å². The zero-order chi connectivity index (χ0) is 9.14. The topological polar surface area (TPSA) is 74.6 Å². The van der Waals surface area contributed by atoms with Gasteiger partial charge in [0, 0.05) is 20.4 Å². The number of rotatable bonds is 2. The van der Waals surface area contributed by atoms with E-state index in [0.29, 0.717) is 0 Å². The number of benzene rings is 1. The first-order valence-corrected chi connectivity index (χ1v) is 3.18. The molecule has 14 heavy (non-hydrogen) atoms. The number of carboxylic acid groups (broad SMARTS) is 2. The molecule has 0 spiro atoms. The molecule has 1 aromatic carbocycles. The third kappa shape index (κ3) is 3.29. The third-order valence-corrected chi connectivity index (χ3v) is 1.39. The monoisotopic (exact) mass is 288 g/mol. The van der Waals surface area contributed by atoms with E-state index in [0.717, 1.165) is 0 Å². The van der Waals surface area contributed by atoms with Crippen LogP contribution in [0.15, 0.2) is 24.3 Å². The summed E-state index contributed by atoms with van der Waals surface area (Å²) in [6.45, 7) is 0. The van der Waals surface area contributed by atoms with E-state index in [-0.39, 0.29) is 39.0 Å². The van der Waals surface area contributed by atoms with Crippen LogP contribution in [0, 0.1) is 0 Å². The molecule has 1 rings (SSSR count). The van der Waals surface area contributed by atoms with Gasteiger partial charge in [-0.25, -0.2) is 9.59 Å². The summed E-state index contributed by atoms with van der Waals surface area (Å²) in [5.74, 6) is -2.46. The zero-order valence-corrected chi connectivity index (χ0v) is 7.89. The molecule has 5 heteroatoms. The first-order valence-electron chi connectivity index (χ1n) is 3.18. The third-order valence-electron chi connectivity index (χ3n) is 1.39. The molecule has 0 aliphatic carbocycles. The Morgan fingerprint density at radius 1 is 0.929 bits per heavy atom. The van der Waals surface area contributed by atoms with Gasteiger partial charge in [-0.2, -0.15) is 0 Å². The van der Waals surface area contributed by atoms with E-state index in [1.54, 1.807) is 0 Å². The second kappa shape index (κ2) is 6.30. The predicted molar refractivity (Wildman–Crippen MR) is 47.1 cm³/mol. The summed E-state index contributed by atoms with van der Waals surface area (Å²) >= 11 is 0. The van der Waals surface area contributed by atoms with Crippen LogP contribution in [0.3, 0.4) is 0 Å². The van der Waals surface area contributed by atoms with Crippen LogP contribution in [0.4, 0.5) is 0 Å². The van der Waals surface area contributed by atoms with E-state index < -0.39 is 11.9 Å². The van der Waals surface area contributed by atoms with E-state index in [4.69, 9.17) is 10.2 Å². The van der Waals surface area contributed by atoms with Crippen LogP contribution < -0.4 is 0 Å². The van der Waals surface area contributed by atoms with Crippen LogP contribution in [-0.4, -0.2) is 22.2 Å². The van der Waals surface area contributed by atoms with Gasteiger partial charge in [-0.1, -0.05) is 19.6 Å². The van der Waals surface area contributed by atoms with Crippen LogP contribution >= 0.6 is 0 Å². The Morgan fingerprint density at radius 3 is 1.43 bits per heavy atom. The number of aromatic carboxylic acids is 2. The van der Waals surface area contributed by atoms with Gasteiger partial charge < -0.3 is 10.2 Å². The van der Waals surface area contributed by atoms with Crippen molar-refractivity contribution in [2.75, 3.05) is 0 Å². The molecule has 80 valence electrons. The zero-order valence-electron chi connectivity index (χ0n) is 6.34. The van der Waals surface area contributed by atoms with Gasteiger partial charge in [0.15, 0.2) is 0 Å². The maximum atomic E-state index is 10.5. The van der Waals surface area contributed by atoms with Crippen LogP contribution in [0.5, 0.6) is 0 Å². The minimum Gasteiger partial charge on any atom is -0.478 e. The maximum absolute atomic E-state index is 10.5. The van der Waals surface area contributed by atoms with Gasteiger partial charge in [0.1, 0.15) is 0 Å². The molecule has 0 amide bonds. The first-order chi connectivity index (χ1) is 5.63. The van der Waals surface area contributed by atoms with E-state index in [9.17, 15) is 9.59 Å². The summed E-state index contributed by atoms with van der Waals surface area (Å²) in [6.07, 6.45) is 0. The molecule has 0 aliphatic rings. The van der Waals surface area contributed by atoms with Crippen LogP contribution in [0.2, 0.25) is 0 Å². The van der Waals surface area contributed by atoms with Crippen LogP contribution in [0.25, 0.3) is 0 Å². The summed E-state index contributed by atoms with van der Waals surface area (Å²) < 4.78 is 0. The van der Waals surface area contributed by atoms with Gasteiger partial charge in [0.05, 0.1) is 11.1 Å². The van der Waals surface area contributed by atoms with Gasteiger partial charge >= 0.3 is 11.9 Å². The minimum atomic E-state index is -1.23. The molecule has 0 atom stereocenters. The molecule has 0 fully saturated rings. The molecular weight excluding hydrogens is 279 g/mol. The molecule has 0 unspecified atom stereocenters. The maximum Gasteiger partial charge on any atom is 0.336 e. The van der Waals surface area contributed by atoms with Crippen molar-refractivity contribution in [3.8, 4) is 0 Å². The fourth-order valence-corrected chi connectivity index (χ4v) is 0.856. The molecule has 0 saturated carbocycles. The second-order valence-corrected chi connectivity index (χ2v) is 2.16. The molecular formula is C9H10O4Pd. The standard InChI is InChI=1S/C8H6O4.CH4.Pd/c9-7(10)5-3-1-2-4-6(5)8(11)12;;/h1-4H,(H,9,10)(H,11,12);1H4;. The van der Waals surface area contributed by atoms with Crippen molar-refractivity contribution in [1.82, 2.24) is 0 Å². The summed E-state index contributed by atoms with van der Waals surface area (Å²) in [7, 11) is 0. The molecule has 4 nitrogen and oxygen atoms in total. The predicted octanol–water partition coefficient (Wildman–Crippen LogP) is 1.72. The number of hydrogen-bond acceptors (Lipinski definition) is 2. The van der Waals surface area contributed by atoms with Gasteiger partial charge in [0.25, 0.3) is 0 Å². The molecule has 0 aromatic heterocycles. The number of carboxylic acids is 2. The average Bonchev–Trinajstić information content (AvgIpc) is 2.04. The fraction of sp³-hybridized carbons (Fsp3) is 0.111. The van der Waals surface area contributed by atoms with Gasteiger partial charge in [-0.3, -0.25) is 0 Å². The molecule has 0 aliphatic heterocycles. The van der Waals surface area contributed by atoms with Gasteiger partial charge in [-0.15, -0.1) is 0 Å². The normalized spacial score (nSPS) is 8.00. The Morgan fingerprint density at radius 2 is 1.21 bits per heavy atom. The quantitative estimate of drug-likeness (QED) is 0.813. The van der Waals surface area contributed by atoms with Crippen molar-refractivity contribution in [3.63, 3.8) is 0 Å². The fourth-order valence-electron chi connectivity index (χ4n) is 0.856. The van der Waals surface area contributed by atoms with Crippen molar-refractivity contribution < 1.29 is 40.2 Å². The number of hydrogen-bond donors (Lipinski definition) is 2. The van der Waals surface area contributed by atoms with E-state index in [2.05, 4.69) is 0 Å². The molecule has 2 N–H and O–H groups in total. The Labute approximate surface area is 95.2 Å². The Hall–Kier alpha value is -1.18. The molecule has 1 aromatic rings. The molecule has 0 heterocycles. The SMILES string of the molecule is C.O=C(O)c1ccccc1C(=O)O.[Pd]. The van der Waals surface area contributed by atoms with Crippen molar-refractivity contribution in [2.24, 2.45) is 0 Å². The summed E-state index contributed by atoms with van der Waals surface area (Å²) in [4.78, 5) is 20.9. The van der Waals surface area contributed by atoms with Crippen molar-refractivity contribution in [3.05, 3.63) is 35.4 Å². The van der Waals surface area contributed by atoms with E-state index in [1.165, 1.54) is 24.3 Å². The molecule has 0 saturated heterocycles. The second-order valence-electron chi connectivity index (χ2n) is 2.16. The van der Waals surface area contributed by atoms with Crippen LogP contribution in [0.1, 0.15) is 28.1 Å². The first kappa shape index (κ1) is 15.3. The summed E-state index contributed by atoms with van der Waals surface area (Å²) in [5.41, 5.74) is -0.380. The minimum absolute atomic E-state index is 0. The summed E-state index contributed by atoms with van der Waals surface area (Å²) in [5, 5.41) is 17.1. The Bertz CT molecular complexity index is 302. The Balaban J connectivity index is 0. The van der Waals surface area contributed by atoms with Gasteiger partial charge in [0.2, 0.25) is 0 Å². The summed E-state index contributed by atoms with van der Waals surface area (Å²) in [6, 6.07) is 5.48. The average molecular weight is 289 g/mol.